The van der Waals surface area contributed by atoms with Crippen LogP contribution in [0.15, 0.2) is 18.2 Å². The Labute approximate surface area is 103 Å². The Balaban J connectivity index is 2.71. The molecule has 0 aromatic heterocycles. The van der Waals surface area contributed by atoms with Crippen molar-refractivity contribution in [3.63, 3.8) is 0 Å². The fourth-order valence-corrected chi connectivity index (χ4v) is 1.52. The monoisotopic (exact) mass is 239 g/mol. The molecule has 0 aliphatic rings. The molecule has 1 unspecified atom stereocenters. The van der Waals surface area contributed by atoms with Crippen molar-refractivity contribution in [3.05, 3.63) is 23.8 Å². The van der Waals surface area contributed by atoms with Crippen molar-refractivity contribution in [1.29, 1.82) is 0 Å². The van der Waals surface area contributed by atoms with Crippen LogP contribution < -0.4 is 15.2 Å². The minimum Gasteiger partial charge on any atom is -0.493 e. The number of hydrogen-bond donors (Lipinski definition) is 1. The molecule has 0 saturated heterocycles. The summed E-state index contributed by atoms with van der Waals surface area (Å²) in [4.78, 5) is 0. The summed E-state index contributed by atoms with van der Waals surface area (Å²) in [6.07, 6.45) is 0.822. The first-order chi connectivity index (χ1) is 8.17. The number of hydrogen-bond acceptors (Lipinski definition) is 4. The molecule has 0 spiro atoms. The molecule has 0 radical (unpaired) electrons. The summed E-state index contributed by atoms with van der Waals surface area (Å²) in [6.45, 7) is 4.77. The largest absolute Gasteiger partial charge is 0.493 e. The minimum atomic E-state index is 0.134. The lowest BCUT2D eigenvalue weighted by atomic mass is 10.1. The van der Waals surface area contributed by atoms with Crippen molar-refractivity contribution in [2.75, 3.05) is 20.5 Å². The average Bonchev–Trinajstić information content (AvgIpc) is 2.30. The molecule has 0 heterocycles. The molecule has 1 atom stereocenters. The van der Waals surface area contributed by atoms with Gasteiger partial charge in [0.05, 0.1) is 7.11 Å². The zero-order chi connectivity index (χ0) is 12.7. The lowest BCUT2D eigenvalue weighted by Gasteiger charge is -2.12. The van der Waals surface area contributed by atoms with Crippen LogP contribution in [0.25, 0.3) is 0 Å². The van der Waals surface area contributed by atoms with Crippen LogP contribution in [0.2, 0.25) is 0 Å². The van der Waals surface area contributed by atoms with Gasteiger partial charge in [0, 0.05) is 12.6 Å². The van der Waals surface area contributed by atoms with Gasteiger partial charge in [-0.25, -0.2) is 0 Å². The van der Waals surface area contributed by atoms with E-state index in [1.54, 1.807) is 7.11 Å². The fraction of sp³-hybridized carbons (Fsp3) is 0.538. The molecule has 0 aliphatic heterocycles. The molecular formula is C13H21NO3. The first-order valence-electron chi connectivity index (χ1n) is 5.80. The molecule has 96 valence electrons. The second-order valence-electron chi connectivity index (χ2n) is 3.92. The summed E-state index contributed by atoms with van der Waals surface area (Å²) in [5.74, 6) is 1.40. The molecule has 0 fully saturated rings. The lowest BCUT2D eigenvalue weighted by molar-refractivity contribution is 0.0209. The van der Waals surface area contributed by atoms with Crippen LogP contribution in [0.3, 0.4) is 0 Å². The fourth-order valence-electron chi connectivity index (χ4n) is 1.52. The third-order valence-corrected chi connectivity index (χ3v) is 2.29. The number of nitrogens with two attached hydrogens (primary N) is 1. The summed E-state index contributed by atoms with van der Waals surface area (Å²) < 4.78 is 15.9. The maximum atomic E-state index is 5.76. The van der Waals surface area contributed by atoms with E-state index in [1.165, 1.54) is 0 Å². The Morgan fingerprint density at radius 1 is 1.29 bits per heavy atom. The van der Waals surface area contributed by atoms with Crippen molar-refractivity contribution in [1.82, 2.24) is 0 Å². The standard InChI is InChI=1S/C13H21NO3/c1-4-16-9-17-12-6-5-11(7-10(2)14)8-13(12)15-3/h5-6,8,10H,4,7,9,14H2,1-3H3. The molecule has 1 rings (SSSR count). The first kappa shape index (κ1) is 13.8. The lowest BCUT2D eigenvalue weighted by Crippen LogP contribution is -2.17. The van der Waals surface area contributed by atoms with Gasteiger partial charge in [0.2, 0.25) is 0 Å². The summed E-state index contributed by atoms with van der Waals surface area (Å²) in [5, 5.41) is 0. The Morgan fingerprint density at radius 3 is 2.65 bits per heavy atom. The third kappa shape index (κ3) is 4.63. The SMILES string of the molecule is CCOCOc1ccc(CC(C)N)cc1OC. The van der Waals surface area contributed by atoms with Gasteiger partial charge in [0.25, 0.3) is 0 Å². The van der Waals surface area contributed by atoms with Gasteiger partial charge in [0.15, 0.2) is 18.3 Å². The topological polar surface area (TPSA) is 53.7 Å². The Hall–Kier alpha value is -1.26. The Morgan fingerprint density at radius 2 is 2.06 bits per heavy atom. The van der Waals surface area contributed by atoms with Gasteiger partial charge in [-0.15, -0.1) is 0 Å². The zero-order valence-electron chi connectivity index (χ0n) is 10.7. The van der Waals surface area contributed by atoms with Gasteiger partial charge in [-0.2, -0.15) is 0 Å². The minimum absolute atomic E-state index is 0.134. The molecule has 0 saturated carbocycles. The molecule has 0 bridgehead atoms. The number of methoxy groups -OCH3 is 1. The van der Waals surface area contributed by atoms with Crippen molar-refractivity contribution < 1.29 is 14.2 Å². The predicted molar refractivity (Wildman–Crippen MR) is 67.5 cm³/mol. The molecule has 0 amide bonds. The normalized spacial score (nSPS) is 12.2. The number of ether oxygens (including phenoxy) is 3. The number of benzene rings is 1. The van der Waals surface area contributed by atoms with Crippen molar-refractivity contribution >= 4 is 0 Å². The summed E-state index contributed by atoms with van der Waals surface area (Å²) in [7, 11) is 1.62. The molecule has 4 nitrogen and oxygen atoms in total. The highest BCUT2D eigenvalue weighted by molar-refractivity contribution is 5.43. The maximum absolute atomic E-state index is 5.76. The van der Waals surface area contributed by atoms with E-state index >= 15 is 0 Å². The van der Waals surface area contributed by atoms with Crippen LogP contribution in [0, 0.1) is 0 Å². The van der Waals surface area contributed by atoms with Crippen molar-refractivity contribution in [2.24, 2.45) is 5.73 Å². The molecule has 1 aromatic rings. The molecule has 17 heavy (non-hydrogen) atoms. The molecule has 1 aromatic carbocycles. The maximum Gasteiger partial charge on any atom is 0.189 e. The zero-order valence-corrected chi connectivity index (χ0v) is 10.7. The van der Waals surface area contributed by atoms with Gasteiger partial charge in [0.1, 0.15) is 0 Å². The van der Waals surface area contributed by atoms with Gasteiger partial charge in [-0.1, -0.05) is 6.07 Å². The second-order valence-corrected chi connectivity index (χ2v) is 3.92. The van der Waals surface area contributed by atoms with Gasteiger partial charge in [-0.05, 0) is 38.0 Å². The second kappa shape index (κ2) is 7.14. The van der Waals surface area contributed by atoms with Gasteiger partial charge in [-0.3, -0.25) is 0 Å². The van der Waals surface area contributed by atoms with Crippen LogP contribution in [0.5, 0.6) is 11.5 Å². The average molecular weight is 239 g/mol. The molecule has 0 aliphatic carbocycles. The number of rotatable bonds is 7. The van der Waals surface area contributed by atoms with E-state index in [4.69, 9.17) is 19.9 Å². The quantitative estimate of drug-likeness (QED) is 0.583. The third-order valence-electron chi connectivity index (χ3n) is 2.29. The van der Waals surface area contributed by atoms with E-state index in [0.29, 0.717) is 18.1 Å². The van der Waals surface area contributed by atoms with Crippen LogP contribution in [0.1, 0.15) is 19.4 Å². The smallest absolute Gasteiger partial charge is 0.189 e. The molecule has 2 N–H and O–H groups in total. The predicted octanol–water partition coefficient (Wildman–Crippen LogP) is 1.96. The highest BCUT2D eigenvalue weighted by Gasteiger charge is 2.06. The van der Waals surface area contributed by atoms with Crippen molar-refractivity contribution in [3.8, 4) is 11.5 Å². The highest BCUT2D eigenvalue weighted by atomic mass is 16.7. The van der Waals surface area contributed by atoms with E-state index in [0.717, 1.165) is 12.0 Å². The van der Waals surface area contributed by atoms with Crippen LogP contribution in [-0.4, -0.2) is 26.6 Å². The van der Waals surface area contributed by atoms with E-state index in [-0.39, 0.29) is 12.8 Å². The summed E-state index contributed by atoms with van der Waals surface area (Å²) in [5.41, 5.74) is 6.90. The van der Waals surface area contributed by atoms with Crippen LogP contribution >= 0.6 is 0 Å². The Kier molecular flexibility index (Phi) is 5.80. The highest BCUT2D eigenvalue weighted by Crippen LogP contribution is 2.28. The Bertz CT molecular complexity index is 339. The van der Waals surface area contributed by atoms with E-state index in [1.807, 2.05) is 32.0 Å². The van der Waals surface area contributed by atoms with Crippen molar-refractivity contribution in [2.45, 2.75) is 26.3 Å². The first-order valence-corrected chi connectivity index (χ1v) is 5.80. The van der Waals surface area contributed by atoms with Crippen LogP contribution in [-0.2, 0) is 11.2 Å². The molecular weight excluding hydrogens is 218 g/mol. The molecule has 4 heteroatoms. The summed E-state index contributed by atoms with van der Waals surface area (Å²) in [6, 6.07) is 5.96. The van der Waals surface area contributed by atoms with Gasteiger partial charge < -0.3 is 19.9 Å². The summed E-state index contributed by atoms with van der Waals surface area (Å²) >= 11 is 0. The van der Waals surface area contributed by atoms with Crippen LogP contribution in [0.4, 0.5) is 0 Å². The van der Waals surface area contributed by atoms with E-state index in [2.05, 4.69) is 0 Å². The van der Waals surface area contributed by atoms with E-state index in [9.17, 15) is 0 Å². The van der Waals surface area contributed by atoms with E-state index < -0.39 is 0 Å². The van der Waals surface area contributed by atoms with Gasteiger partial charge >= 0.3 is 0 Å².